The largest absolute Gasteiger partial charge is 1.00 e. The van der Waals surface area contributed by atoms with Crippen LogP contribution in [0.4, 0.5) is 14.5 Å². The van der Waals surface area contributed by atoms with Gasteiger partial charge in [-0.05, 0) is 12.1 Å². The van der Waals surface area contributed by atoms with Crippen molar-refractivity contribution in [1.29, 1.82) is 0 Å². The topological polar surface area (TPSA) is 103 Å². The molecule has 1 aromatic carbocycles. The van der Waals surface area contributed by atoms with E-state index in [0.717, 1.165) is 12.1 Å². The van der Waals surface area contributed by atoms with Crippen molar-refractivity contribution in [3.05, 3.63) is 29.8 Å². The average molecular weight is 249 g/mol. The SMILES string of the molecule is NC(N)=NC(N)=Nc1c(F)cccc1F.[Cl-]. The standard InChI is InChI=1S/C8H9F2N5.ClH/c9-4-2-1-3-5(10)6(4)14-8(13)15-7(11)12;/h1-3H,(H6,11,12,13,14,15);1H/p-1. The van der Waals surface area contributed by atoms with Gasteiger partial charge in [0.25, 0.3) is 0 Å². The fourth-order valence-corrected chi connectivity index (χ4v) is 0.868. The molecule has 1 aromatic rings. The van der Waals surface area contributed by atoms with Crippen LogP contribution in [-0.2, 0) is 0 Å². The third-order valence-corrected chi connectivity index (χ3v) is 1.41. The van der Waals surface area contributed by atoms with Crippen LogP contribution in [0, 0.1) is 11.6 Å². The Morgan fingerprint density at radius 3 is 2.00 bits per heavy atom. The summed E-state index contributed by atoms with van der Waals surface area (Å²) in [5, 5.41) is 0. The molecular weight excluding hydrogens is 240 g/mol. The first-order valence-electron chi connectivity index (χ1n) is 3.88. The van der Waals surface area contributed by atoms with Crippen LogP contribution >= 0.6 is 0 Å². The first-order valence-corrected chi connectivity index (χ1v) is 3.88. The number of nitrogens with zero attached hydrogens (tertiary/aromatic N) is 2. The predicted octanol–water partition coefficient (Wildman–Crippen LogP) is -2.81. The molecule has 0 spiro atoms. The lowest BCUT2D eigenvalue weighted by molar-refractivity contribution is -0.00000479. The van der Waals surface area contributed by atoms with E-state index >= 15 is 0 Å². The van der Waals surface area contributed by atoms with E-state index < -0.39 is 23.3 Å². The third-order valence-electron chi connectivity index (χ3n) is 1.41. The summed E-state index contributed by atoms with van der Waals surface area (Å²) in [6.45, 7) is 0. The van der Waals surface area contributed by atoms with E-state index in [0.29, 0.717) is 0 Å². The number of hydrogen-bond acceptors (Lipinski definition) is 1. The Morgan fingerprint density at radius 2 is 1.56 bits per heavy atom. The van der Waals surface area contributed by atoms with Gasteiger partial charge in [0.15, 0.2) is 17.6 Å². The first-order chi connectivity index (χ1) is 7.00. The van der Waals surface area contributed by atoms with Gasteiger partial charge in [-0.2, -0.15) is 4.99 Å². The van der Waals surface area contributed by atoms with Crippen LogP contribution in [0.5, 0.6) is 0 Å². The van der Waals surface area contributed by atoms with Crippen LogP contribution in [0.3, 0.4) is 0 Å². The Labute approximate surface area is 96.5 Å². The smallest absolute Gasteiger partial charge is 0.223 e. The van der Waals surface area contributed by atoms with E-state index in [1.54, 1.807) is 0 Å². The maximum atomic E-state index is 13.0. The second kappa shape index (κ2) is 5.86. The summed E-state index contributed by atoms with van der Waals surface area (Å²) < 4.78 is 26.1. The van der Waals surface area contributed by atoms with Crippen LogP contribution in [0.1, 0.15) is 0 Å². The molecule has 0 unspecified atom stereocenters. The normalized spacial score (nSPS) is 10.5. The molecule has 0 aliphatic rings. The summed E-state index contributed by atoms with van der Waals surface area (Å²) in [5.74, 6) is -2.44. The minimum Gasteiger partial charge on any atom is -1.00 e. The van der Waals surface area contributed by atoms with Crippen molar-refractivity contribution in [3.8, 4) is 0 Å². The zero-order valence-corrected chi connectivity index (χ0v) is 8.75. The van der Waals surface area contributed by atoms with Crippen LogP contribution in [0.2, 0.25) is 0 Å². The first kappa shape index (κ1) is 14.1. The van der Waals surface area contributed by atoms with Gasteiger partial charge in [-0.15, -0.1) is 0 Å². The van der Waals surface area contributed by atoms with E-state index in [1.807, 2.05) is 0 Å². The maximum Gasteiger partial charge on any atom is 0.223 e. The Kier molecular flexibility index (Phi) is 5.17. The lowest BCUT2D eigenvalue weighted by atomic mass is 10.3. The highest BCUT2D eigenvalue weighted by Gasteiger charge is 2.07. The molecule has 16 heavy (non-hydrogen) atoms. The summed E-state index contributed by atoms with van der Waals surface area (Å²) in [5.41, 5.74) is 14.7. The molecule has 0 fully saturated rings. The zero-order valence-electron chi connectivity index (χ0n) is 7.99. The molecule has 0 aromatic heterocycles. The fourth-order valence-electron chi connectivity index (χ4n) is 0.868. The second-order valence-electron chi connectivity index (χ2n) is 2.58. The van der Waals surface area contributed by atoms with Gasteiger partial charge in [0.2, 0.25) is 5.96 Å². The molecule has 6 N–H and O–H groups in total. The Balaban J connectivity index is 0.00000225. The number of aliphatic imine (C=N–C) groups is 2. The molecule has 0 aliphatic carbocycles. The third kappa shape index (κ3) is 3.70. The average Bonchev–Trinajstić information content (AvgIpc) is 2.10. The quantitative estimate of drug-likeness (QED) is 0.369. The van der Waals surface area contributed by atoms with Gasteiger partial charge in [-0.3, -0.25) is 0 Å². The minimum atomic E-state index is -0.844. The number of hydrogen-bond donors (Lipinski definition) is 3. The lowest BCUT2D eigenvalue weighted by Crippen LogP contribution is -3.00. The summed E-state index contributed by atoms with van der Waals surface area (Å²) in [4.78, 5) is 6.72. The molecule has 0 heterocycles. The number of rotatable bonds is 1. The highest BCUT2D eigenvalue weighted by molar-refractivity contribution is 5.93. The molecule has 0 bridgehead atoms. The van der Waals surface area contributed by atoms with Crippen molar-refractivity contribution in [1.82, 2.24) is 0 Å². The zero-order chi connectivity index (χ0) is 11.4. The highest BCUT2D eigenvalue weighted by Crippen LogP contribution is 2.21. The van der Waals surface area contributed by atoms with Gasteiger partial charge < -0.3 is 29.6 Å². The summed E-state index contributed by atoms with van der Waals surface area (Å²) in [7, 11) is 0. The molecule has 0 radical (unpaired) electrons. The molecule has 1 rings (SSSR count). The molecule has 0 amide bonds. The predicted molar refractivity (Wildman–Crippen MR) is 53.5 cm³/mol. The van der Waals surface area contributed by atoms with Crippen LogP contribution < -0.4 is 29.6 Å². The molecule has 0 saturated heterocycles. The van der Waals surface area contributed by atoms with Gasteiger partial charge in [-0.1, -0.05) is 6.07 Å². The van der Waals surface area contributed by atoms with E-state index in [2.05, 4.69) is 9.98 Å². The van der Waals surface area contributed by atoms with E-state index in [9.17, 15) is 8.78 Å². The Bertz CT molecular complexity index is 408. The van der Waals surface area contributed by atoms with E-state index in [1.165, 1.54) is 6.07 Å². The second-order valence-corrected chi connectivity index (χ2v) is 2.58. The van der Waals surface area contributed by atoms with Crippen LogP contribution in [0.15, 0.2) is 28.2 Å². The van der Waals surface area contributed by atoms with Gasteiger partial charge in [0.05, 0.1) is 0 Å². The minimum absolute atomic E-state index is 0. The van der Waals surface area contributed by atoms with Gasteiger partial charge in [-0.25, -0.2) is 13.8 Å². The van der Waals surface area contributed by atoms with Crippen LogP contribution in [0.25, 0.3) is 0 Å². The number of nitrogens with two attached hydrogens (primary N) is 3. The van der Waals surface area contributed by atoms with E-state index in [-0.39, 0.29) is 18.4 Å². The maximum absolute atomic E-state index is 13.0. The Hall–Kier alpha value is -1.89. The summed E-state index contributed by atoms with van der Waals surface area (Å²) in [6.07, 6.45) is 0. The van der Waals surface area contributed by atoms with Crippen molar-refractivity contribution in [2.24, 2.45) is 27.2 Å². The van der Waals surface area contributed by atoms with Crippen molar-refractivity contribution in [2.45, 2.75) is 0 Å². The molecule has 0 saturated carbocycles. The summed E-state index contributed by atoms with van der Waals surface area (Å²) in [6, 6.07) is 3.30. The lowest BCUT2D eigenvalue weighted by Gasteiger charge is -1.99. The van der Waals surface area contributed by atoms with Gasteiger partial charge >= 0.3 is 0 Å². The number of halogens is 3. The van der Waals surface area contributed by atoms with Crippen molar-refractivity contribution < 1.29 is 21.2 Å². The number of benzene rings is 1. The number of guanidine groups is 2. The molecule has 0 atom stereocenters. The molecule has 8 heteroatoms. The summed E-state index contributed by atoms with van der Waals surface area (Å²) >= 11 is 0. The van der Waals surface area contributed by atoms with Crippen LogP contribution in [-0.4, -0.2) is 11.9 Å². The molecule has 5 nitrogen and oxygen atoms in total. The Morgan fingerprint density at radius 1 is 1.06 bits per heavy atom. The highest BCUT2D eigenvalue weighted by atomic mass is 35.5. The molecular formula is C8H9ClF2N5-. The van der Waals surface area contributed by atoms with Crippen molar-refractivity contribution in [3.63, 3.8) is 0 Å². The monoisotopic (exact) mass is 248 g/mol. The fraction of sp³-hybridized carbons (Fsp3) is 0. The van der Waals surface area contributed by atoms with Crippen molar-refractivity contribution >= 4 is 17.6 Å². The van der Waals surface area contributed by atoms with Gasteiger partial charge in [0.1, 0.15) is 5.69 Å². The number of para-hydroxylation sites is 1. The van der Waals surface area contributed by atoms with Crippen molar-refractivity contribution in [2.75, 3.05) is 0 Å². The van der Waals surface area contributed by atoms with Gasteiger partial charge in [0, 0.05) is 0 Å². The van der Waals surface area contributed by atoms with E-state index in [4.69, 9.17) is 17.2 Å². The molecule has 0 aliphatic heterocycles. The molecule has 88 valence electrons.